The number of rotatable bonds is 2. The van der Waals surface area contributed by atoms with Crippen LogP contribution >= 0.6 is 0 Å². The summed E-state index contributed by atoms with van der Waals surface area (Å²) in [7, 11) is 0. The summed E-state index contributed by atoms with van der Waals surface area (Å²) in [6.07, 6.45) is 1.55. The summed E-state index contributed by atoms with van der Waals surface area (Å²) in [5, 5.41) is 0. The van der Waals surface area contributed by atoms with Crippen LogP contribution in [0.4, 0.5) is 0 Å². The minimum Gasteiger partial charge on any atom is -0.297 e. The predicted octanol–water partition coefficient (Wildman–Crippen LogP) is 0.503. The van der Waals surface area contributed by atoms with E-state index in [-0.39, 0.29) is 29.9 Å². The summed E-state index contributed by atoms with van der Waals surface area (Å²) < 4.78 is 0. The molecule has 1 saturated heterocycles. The number of nitrogens with zero attached hydrogens (tertiary/aromatic N) is 1. The average Bonchev–Trinajstić information content (AvgIpc) is 2.81. The molecule has 14 heavy (non-hydrogen) atoms. The molecule has 0 aromatic carbocycles. The minimum absolute atomic E-state index is 0.0618. The molecule has 1 unspecified atom stereocenters. The van der Waals surface area contributed by atoms with E-state index in [1.165, 1.54) is 11.8 Å². The van der Waals surface area contributed by atoms with E-state index < -0.39 is 5.54 Å². The Balaban J connectivity index is 2.31. The third-order valence-electron chi connectivity index (χ3n) is 3.18. The zero-order valence-electron chi connectivity index (χ0n) is 8.37. The highest BCUT2D eigenvalue weighted by molar-refractivity contribution is 6.09. The molecule has 76 valence electrons. The van der Waals surface area contributed by atoms with Crippen LogP contribution in [0, 0.1) is 5.92 Å². The van der Waals surface area contributed by atoms with E-state index in [9.17, 15) is 14.4 Å². The number of carbonyl (C=O) groups excluding carboxylic acids is 3. The Hall–Kier alpha value is -1.19. The van der Waals surface area contributed by atoms with Gasteiger partial charge in [-0.2, -0.15) is 0 Å². The lowest BCUT2D eigenvalue weighted by molar-refractivity contribution is -0.147. The van der Waals surface area contributed by atoms with Crippen molar-refractivity contribution >= 4 is 17.6 Å². The van der Waals surface area contributed by atoms with Crippen LogP contribution in [0.2, 0.25) is 0 Å². The zero-order valence-corrected chi connectivity index (χ0v) is 8.37. The molecule has 1 saturated carbocycles. The molecule has 4 nitrogen and oxygen atoms in total. The van der Waals surface area contributed by atoms with Crippen molar-refractivity contribution in [2.75, 3.05) is 0 Å². The molecule has 0 bridgehead atoms. The Labute approximate surface area is 82.3 Å². The number of likely N-dealkylation sites (tertiary alicyclic amines) is 1. The first-order chi connectivity index (χ1) is 6.49. The number of ketones is 1. The quantitative estimate of drug-likeness (QED) is 0.603. The van der Waals surface area contributed by atoms with Crippen LogP contribution in [0.15, 0.2) is 0 Å². The molecule has 0 spiro atoms. The molecule has 2 amide bonds. The Morgan fingerprint density at radius 2 is 2.00 bits per heavy atom. The molecule has 2 fully saturated rings. The average molecular weight is 195 g/mol. The van der Waals surface area contributed by atoms with Crippen molar-refractivity contribution in [1.82, 2.24) is 4.90 Å². The maximum absolute atomic E-state index is 11.7. The number of carbonyl (C=O) groups is 3. The normalized spacial score (nSPS) is 29.6. The van der Waals surface area contributed by atoms with Crippen molar-refractivity contribution in [2.24, 2.45) is 5.92 Å². The van der Waals surface area contributed by atoms with Gasteiger partial charge < -0.3 is 0 Å². The van der Waals surface area contributed by atoms with Crippen molar-refractivity contribution < 1.29 is 14.4 Å². The van der Waals surface area contributed by atoms with Crippen LogP contribution in [0.5, 0.6) is 0 Å². The third-order valence-corrected chi connectivity index (χ3v) is 3.18. The van der Waals surface area contributed by atoms with Gasteiger partial charge in [-0.25, -0.2) is 0 Å². The highest BCUT2D eigenvalue weighted by Gasteiger charge is 2.59. The van der Waals surface area contributed by atoms with E-state index in [2.05, 4.69) is 0 Å². The van der Waals surface area contributed by atoms with Gasteiger partial charge in [-0.1, -0.05) is 6.92 Å². The van der Waals surface area contributed by atoms with E-state index in [1.807, 2.05) is 0 Å². The number of amides is 2. The van der Waals surface area contributed by atoms with Gasteiger partial charge in [0.2, 0.25) is 11.8 Å². The summed E-state index contributed by atoms with van der Waals surface area (Å²) in [6, 6.07) is 0. The first kappa shape index (κ1) is 9.37. The second-order valence-corrected chi connectivity index (χ2v) is 4.26. The summed E-state index contributed by atoms with van der Waals surface area (Å²) in [5.41, 5.74) is -0.751. The van der Waals surface area contributed by atoms with E-state index in [4.69, 9.17) is 0 Å². The van der Waals surface area contributed by atoms with Gasteiger partial charge in [-0.15, -0.1) is 0 Å². The zero-order chi connectivity index (χ0) is 10.5. The molecular weight excluding hydrogens is 182 g/mol. The predicted molar refractivity (Wildman–Crippen MR) is 48.3 cm³/mol. The fourth-order valence-electron chi connectivity index (χ4n) is 2.08. The van der Waals surface area contributed by atoms with Crippen LogP contribution in [0.1, 0.15) is 33.1 Å². The van der Waals surface area contributed by atoms with Crippen molar-refractivity contribution in [2.45, 2.75) is 38.6 Å². The summed E-state index contributed by atoms with van der Waals surface area (Å²) in [4.78, 5) is 35.8. The van der Waals surface area contributed by atoms with Crippen LogP contribution in [-0.4, -0.2) is 28.0 Å². The van der Waals surface area contributed by atoms with E-state index in [0.717, 1.165) is 0 Å². The molecule has 0 radical (unpaired) electrons. The number of hydrogen-bond donors (Lipinski definition) is 0. The second-order valence-electron chi connectivity index (χ2n) is 4.26. The van der Waals surface area contributed by atoms with Gasteiger partial charge in [0, 0.05) is 12.3 Å². The lowest BCUT2D eigenvalue weighted by Crippen LogP contribution is -2.46. The van der Waals surface area contributed by atoms with Crippen LogP contribution in [-0.2, 0) is 14.4 Å². The number of imide groups is 1. The summed E-state index contributed by atoms with van der Waals surface area (Å²) in [5.74, 6) is -0.675. The highest BCUT2D eigenvalue weighted by Crippen LogP contribution is 2.45. The third kappa shape index (κ3) is 1.03. The maximum Gasteiger partial charge on any atom is 0.233 e. The Bertz CT molecular complexity index is 330. The molecule has 0 aromatic rings. The molecule has 1 aliphatic carbocycles. The molecule has 1 heterocycles. The molecule has 2 aliphatic rings. The highest BCUT2D eigenvalue weighted by atomic mass is 16.2. The fraction of sp³-hybridized carbons (Fsp3) is 0.700. The topological polar surface area (TPSA) is 54.5 Å². The Morgan fingerprint density at radius 3 is 2.29 bits per heavy atom. The maximum atomic E-state index is 11.7. The molecule has 0 aromatic heterocycles. The van der Waals surface area contributed by atoms with E-state index in [1.54, 1.807) is 6.92 Å². The van der Waals surface area contributed by atoms with Gasteiger partial charge in [0.25, 0.3) is 0 Å². The van der Waals surface area contributed by atoms with Gasteiger partial charge in [0.05, 0.1) is 0 Å². The largest absolute Gasteiger partial charge is 0.297 e. The fourth-order valence-corrected chi connectivity index (χ4v) is 2.08. The Kier molecular flexibility index (Phi) is 1.77. The summed E-state index contributed by atoms with van der Waals surface area (Å²) in [6.45, 7) is 3.19. The SMILES string of the molecule is CC(=O)C1(N2C(=O)CC(C)C2=O)CC1. The van der Waals surface area contributed by atoms with Gasteiger partial charge in [0.1, 0.15) is 5.54 Å². The van der Waals surface area contributed by atoms with Gasteiger partial charge in [-0.3, -0.25) is 19.3 Å². The standard InChI is InChI=1S/C10H13NO3/c1-6-5-8(13)11(9(6)14)10(3-4-10)7(2)12/h6H,3-5H2,1-2H3. The molecule has 1 atom stereocenters. The molecule has 1 aliphatic heterocycles. The van der Waals surface area contributed by atoms with Crippen molar-refractivity contribution in [3.05, 3.63) is 0 Å². The Morgan fingerprint density at radius 1 is 1.43 bits per heavy atom. The van der Waals surface area contributed by atoms with Gasteiger partial charge in [-0.05, 0) is 19.8 Å². The summed E-state index contributed by atoms with van der Waals surface area (Å²) >= 11 is 0. The van der Waals surface area contributed by atoms with Crippen LogP contribution in [0.25, 0.3) is 0 Å². The molecule has 0 N–H and O–H groups in total. The van der Waals surface area contributed by atoms with Crippen LogP contribution < -0.4 is 0 Å². The molecule has 4 heteroatoms. The molecular formula is C10H13NO3. The smallest absolute Gasteiger partial charge is 0.233 e. The van der Waals surface area contributed by atoms with Crippen molar-refractivity contribution in [3.63, 3.8) is 0 Å². The minimum atomic E-state index is -0.751. The first-order valence-corrected chi connectivity index (χ1v) is 4.87. The second kappa shape index (κ2) is 2.65. The van der Waals surface area contributed by atoms with Crippen molar-refractivity contribution in [3.8, 4) is 0 Å². The monoisotopic (exact) mass is 195 g/mol. The molecule has 2 rings (SSSR count). The van der Waals surface area contributed by atoms with E-state index in [0.29, 0.717) is 12.8 Å². The lowest BCUT2D eigenvalue weighted by atomic mass is 10.1. The lowest BCUT2D eigenvalue weighted by Gasteiger charge is -2.23. The first-order valence-electron chi connectivity index (χ1n) is 4.87. The number of hydrogen-bond acceptors (Lipinski definition) is 3. The van der Waals surface area contributed by atoms with E-state index >= 15 is 0 Å². The van der Waals surface area contributed by atoms with Crippen molar-refractivity contribution in [1.29, 1.82) is 0 Å². The van der Waals surface area contributed by atoms with Gasteiger partial charge in [0.15, 0.2) is 5.78 Å². The number of Topliss-reactive ketones (excluding diaryl/α,β-unsaturated/α-hetero) is 1. The van der Waals surface area contributed by atoms with Gasteiger partial charge >= 0.3 is 0 Å². The van der Waals surface area contributed by atoms with Crippen LogP contribution in [0.3, 0.4) is 0 Å².